The Morgan fingerprint density at radius 3 is 3.13 bits per heavy atom. The van der Waals surface area contributed by atoms with Gasteiger partial charge in [-0.05, 0) is 0 Å². The standard InChI is InChI=1S/C9H15N3O2S/c1-6-11-4-10-5-12(6)9-2-7(14)8(3-13)15-9/h4,7-9,13-14H,1-3,5H2,(H,10,11)/t7?,8-,9-/m1/s1. The molecular weight excluding hydrogens is 214 g/mol. The van der Waals surface area contributed by atoms with E-state index in [2.05, 4.69) is 16.9 Å². The first-order valence-corrected chi connectivity index (χ1v) is 5.82. The quantitative estimate of drug-likeness (QED) is 0.597. The van der Waals surface area contributed by atoms with Crippen LogP contribution in [-0.2, 0) is 0 Å². The molecule has 5 nitrogen and oxygen atoms in total. The molecule has 2 aliphatic heterocycles. The van der Waals surface area contributed by atoms with Crippen molar-refractivity contribution in [2.45, 2.75) is 23.1 Å². The van der Waals surface area contributed by atoms with Gasteiger partial charge in [0.1, 0.15) is 5.82 Å². The molecule has 1 saturated heterocycles. The van der Waals surface area contributed by atoms with E-state index in [9.17, 15) is 5.11 Å². The number of thioether (sulfide) groups is 1. The predicted molar refractivity (Wildman–Crippen MR) is 60.4 cm³/mol. The van der Waals surface area contributed by atoms with E-state index in [1.807, 2.05) is 4.90 Å². The number of hydrogen-bond acceptors (Lipinski definition) is 6. The third kappa shape index (κ3) is 2.11. The first-order valence-electron chi connectivity index (χ1n) is 4.88. The summed E-state index contributed by atoms with van der Waals surface area (Å²) in [6, 6.07) is 0. The molecule has 15 heavy (non-hydrogen) atoms. The molecule has 0 aliphatic carbocycles. The van der Waals surface area contributed by atoms with Gasteiger partial charge in [-0.15, -0.1) is 11.8 Å². The zero-order valence-electron chi connectivity index (χ0n) is 8.33. The highest BCUT2D eigenvalue weighted by atomic mass is 32.2. The highest BCUT2D eigenvalue weighted by molar-refractivity contribution is 8.00. The molecule has 1 fully saturated rings. The smallest absolute Gasteiger partial charge is 0.125 e. The first-order chi connectivity index (χ1) is 7.22. The van der Waals surface area contributed by atoms with Crippen molar-refractivity contribution in [2.24, 2.45) is 4.99 Å². The lowest BCUT2D eigenvalue weighted by Gasteiger charge is -2.32. The average molecular weight is 229 g/mol. The lowest BCUT2D eigenvalue weighted by molar-refractivity contribution is 0.129. The molecule has 0 bridgehead atoms. The maximum Gasteiger partial charge on any atom is 0.125 e. The normalized spacial score (nSPS) is 35.7. The van der Waals surface area contributed by atoms with Crippen molar-refractivity contribution in [3.63, 3.8) is 0 Å². The van der Waals surface area contributed by atoms with Crippen LogP contribution in [0.15, 0.2) is 17.4 Å². The maximum absolute atomic E-state index is 9.68. The van der Waals surface area contributed by atoms with Gasteiger partial charge < -0.3 is 20.4 Å². The van der Waals surface area contributed by atoms with Crippen LogP contribution in [0.25, 0.3) is 0 Å². The van der Waals surface area contributed by atoms with E-state index in [0.29, 0.717) is 18.9 Å². The molecule has 1 unspecified atom stereocenters. The van der Waals surface area contributed by atoms with E-state index in [-0.39, 0.29) is 17.2 Å². The molecular formula is C9H15N3O2S. The second kappa shape index (κ2) is 4.42. The zero-order valence-corrected chi connectivity index (χ0v) is 9.15. The number of aliphatic hydroxyl groups is 2. The second-order valence-electron chi connectivity index (χ2n) is 3.62. The lowest BCUT2D eigenvalue weighted by Crippen LogP contribution is -2.41. The highest BCUT2D eigenvalue weighted by Crippen LogP contribution is 2.37. The van der Waals surface area contributed by atoms with Gasteiger partial charge in [0.15, 0.2) is 0 Å². The molecule has 2 aliphatic rings. The van der Waals surface area contributed by atoms with Gasteiger partial charge in [0.2, 0.25) is 0 Å². The van der Waals surface area contributed by atoms with Crippen LogP contribution in [0.1, 0.15) is 6.42 Å². The van der Waals surface area contributed by atoms with E-state index in [4.69, 9.17) is 5.11 Å². The summed E-state index contributed by atoms with van der Waals surface area (Å²) in [5.74, 6) is 0.706. The van der Waals surface area contributed by atoms with Crippen molar-refractivity contribution in [3.8, 4) is 0 Å². The number of nitrogens with zero attached hydrogens (tertiary/aromatic N) is 2. The number of nitrogens with one attached hydrogen (secondary N) is 1. The van der Waals surface area contributed by atoms with Crippen LogP contribution < -0.4 is 5.32 Å². The Morgan fingerprint density at radius 2 is 2.53 bits per heavy atom. The van der Waals surface area contributed by atoms with Crippen LogP contribution >= 0.6 is 11.8 Å². The Hall–Kier alpha value is -0.720. The summed E-state index contributed by atoms with van der Waals surface area (Å²) < 4.78 is 0. The van der Waals surface area contributed by atoms with Gasteiger partial charge in [0.05, 0.1) is 36.3 Å². The minimum atomic E-state index is -0.441. The van der Waals surface area contributed by atoms with E-state index in [1.54, 1.807) is 18.1 Å². The van der Waals surface area contributed by atoms with Crippen LogP contribution in [0.2, 0.25) is 0 Å². The molecule has 6 heteroatoms. The summed E-state index contributed by atoms with van der Waals surface area (Å²) in [4.78, 5) is 6.07. The first kappa shape index (κ1) is 10.8. The van der Waals surface area contributed by atoms with Gasteiger partial charge in [0.25, 0.3) is 0 Å². The van der Waals surface area contributed by atoms with Gasteiger partial charge in [-0.3, -0.25) is 0 Å². The van der Waals surface area contributed by atoms with E-state index >= 15 is 0 Å². The monoisotopic (exact) mass is 229 g/mol. The molecule has 0 aromatic carbocycles. The summed E-state index contributed by atoms with van der Waals surface area (Å²) >= 11 is 1.58. The highest BCUT2D eigenvalue weighted by Gasteiger charge is 2.37. The van der Waals surface area contributed by atoms with Crippen molar-refractivity contribution >= 4 is 18.1 Å². The van der Waals surface area contributed by atoms with Crippen molar-refractivity contribution < 1.29 is 10.2 Å². The molecule has 3 atom stereocenters. The van der Waals surface area contributed by atoms with Gasteiger partial charge in [-0.25, -0.2) is 4.99 Å². The Bertz CT molecular complexity index is 285. The Kier molecular flexibility index (Phi) is 3.18. The molecule has 0 aromatic rings. The van der Waals surface area contributed by atoms with Crippen molar-refractivity contribution in [2.75, 3.05) is 13.3 Å². The van der Waals surface area contributed by atoms with Crippen LogP contribution in [-0.4, -0.2) is 51.5 Å². The fourth-order valence-electron chi connectivity index (χ4n) is 1.76. The summed E-state index contributed by atoms with van der Waals surface area (Å²) in [6.45, 7) is 4.52. The van der Waals surface area contributed by atoms with E-state index in [0.717, 1.165) is 0 Å². The van der Waals surface area contributed by atoms with Crippen molar-refractivity contribution in [1.29, 1.82) is 0 Å². The molecule has 2 heterocycles. The summed E-state index contributed by atoms with van der Waals surface area (Å²) in [6.07, 6.45) is 1.83. The minimum absolute atomic E-state index is 0.0132. The molecule has 0 amide bonds. The number of rotatable bonds is 2. The van der Waals surface area contributed by atoms with E-state index in [1.165, 1.54) is 0 Å². The largest absolute Gasteiger partial charge is 0.395 e. The fourth-order valence-corrected chi connectivity index (χ4v) is 3.20. The SMILES string of the molecule is C=C1N=CNCN1[C@H]1CC(O)[C@@H](CO)S1. The van der Waals surface area contributed by atoms with Crippen LogP contribution in [0.5, 0.6) is 0 Å². The lowest BCUT2D eigenvalue weighted by atomic mass is 10.2. The maximum atomic E-state index is 9.68. The summed E-state index contributed by atoms with van der Waals surface area (Å²) in [5.41, 5.74) is 0. The van der Waals surface area contributed by atoms with Crippen LogP contribution in [0.4, 0.5) is 0 Å². The molecule has 3 N–H and O–H groups in total. The Morgan fingerprint density at radius 1 is 1.73 bits per heavy atom. The van der Waals surface area contributed by atoms with Crippen molar-refractivity contribution in [3.05, 3.63) is 12.4 Å². The molecule has 0 saturated carbocycles. The van der Waals surface area contributed by atoms with Crippen LogP contribution in [0.3, 0.4) is 0 Å². The number of aliphatic hydroxyl groups excluding tert-OH is 2. The third-order valence-electron chi connectivity index (χ3n) is 2.63. The molecule has 2 rings (SSSR count). The fraction of sp³-hybridized carbons (Fsp3) is 0.667. The third-order valence-corrected chi connectivity index (χ3v) is 4.20. The second-order valence-corrected chi connectivity index (χ2v) is 5.04. The Labute approximate surface area is 92.9 Å². The molecule has 0 spiro atoms. The van der Waals surface area contributed by atoms with E-state index < -0.39 is 6.10 Å². The van der Waals surface area contributed by atoms with Gasteiger partial charge in [-0.1, -0.05) is 6.58 Å². The zero-order chi connectivity index (χ0) is 10.8. The van der Waals surface area contributed by atoms with Gasteiger partial charge >= 0.3 is 0 Å². The topological polar surface area (TPSA) is 68.1 Å². The summed E-state index contributed by atoms with van der Waals surface area (Å²) in [5, 5.41) is 21.8. The predicted octanol–water partition coefficient (Wildman–Crippen LogP) is -0.467. The van der Waals surface area contributed by atoms with Gasteiger partial charge in [-0.2, -0.15) is 0 Å². The molecule has 0 aromatic heterocycles. The van der Waals surface area contributed by atoms with Crippen LogP contribution in [0, 0.1) is 0 Å². The molecule has 84 valence electrons. The minimum Gasteiger partial charge on any atom is -0.395 e. The van der Waals surface area contributed by atoms with Crippen molar-refractivity contribution in [1.82, 2.24) is 10.2 Å². The van der Waals surface area contributed by atoms with Gasteiger partial charge in [0, 0.05) is 6.42 Å². The number of aliphatic imine (C=N–C) groups is 1. The molecule has 0 radical (unpaired) electrons. The summed E-state index contributed by atoms with van der Waals surface area (Å²) in [7, 11) is 0. The average Bonchev–Trinajstić information content (AvgIpc) is 2.60. The number of hydrogen-bond donors (Lipinski definition) is 3. The Balaban J connectivity index is 2.00.